The number of nitrogens with zero attached hydrogens (tertiary/aromatic N) is 3. The van der Waals surface area contributed by atoms with Gasteiger partial charge in [-0.2, -0.15) is 10.4 Å². The molecule has 1 heterocycles. The zero-order valence-electron chi connectivity index (χ0n) is 8.64. The van der Waals surface area contributed by atoms with Crippen molar-refractivity contribution in [3.05, 3.63) is 58.6 Å². The van der Waals surface area contributed by atoms with Crippen LogP contribution in [0.3, 0.4) is 0 Å². The van der Waals surface area contributed by atoms with Crippen LogP contribution in [0.15, 0.2) is 36.4 Å². The van der Waals surface area contributed by atoms with Crippen molar-refractivity contribution in [3.63, 3.8) is 0 Å². The van der Waals surface area contributed by atoms with Crippen molar-refractivity contribution in [1.29, 1.82) is 5.26 Å². The minimum absolute atomic E-state index is 0.235. The number of hydrogen-bond acceptors (Lipinski definition) is 3. The van der Waals surface area contributed by atoms with Crippen molar-refractivity contribution in [1.82, 2.24) is 10.2 Å². The Morgan fingerprint density at radius 3 is 2.53 bits per heavy atom. The Balaban J connectivity index is 2.45. The molecular weight excluding hydrogens is 241 g/mol. The molecule has 0 amide bonds. The highest BCUT2D eigenvalue weighted by Gasteiger charge is 2.18. The lowest BCUT2D eigenvalue weighted by atomic mass is 9.96. The van der Waals surface area contributed by atoms with E-state index in [0.29, 0.717) is 5.69 Å². The number of hydrogen-bond donors (Lipinski definition) is 0. The van der Waals surface area contributed by atoms with Crippen molar-refractivity contribution >= 4 is 11.6 Å². The molecule has 84 valence electrons. The van der Waals surface area contributed by atoms with Gasteiger partial charge < -0.3 is 0 Å². The lowest BCUT2D eigenvalue weighted by Gasteiger charge is -2.08. The zero-order chi connectivity index (χ0) is 12.3. The van der Waals surface area contributed by atoms with Crippen molar-refractivity contribution in [3.8, 4) is 6.07 Å². The van der Waals surface area contributed by atoms with Gasteiger partial charge >= 0.3 is 0 Å². The van der Waals surface area contributed by atoms with E-state index in [1.54, 1.807) is 24.3 Å². The lowest BCUT2D eigenvalue weighted by molar-refractivity contribution is 0.607. The highest BCUT2D eigenvalue weighted by Crippen LogP contribution is 2.24. The molecule has 0 unspecified atom stereocenters. The maximum atomic E-state index is 13.6. The van der Waals surface area contributed by atoms with Crippen LogP contribution in [0.1, 0.15) is 17.2 Å². The average molecular weight is 248 g/mol. The zero-order valence-corrected chi connectivity index (χ0v) is 9.39. The third kappa shape index (κ3) is 2.40. The Bertz CT molecular complexity index is 563. The van der Waals surface area contributed by atoms with Crippen LogP contribution in [0, 0.1) is 17.1 Å². The Morgan fingerprint density at radius 2 is 1.94 bits per heavy atom. The molecule has 0 aliphatic carbocycles. The fourth-order valence-electron chi connectivity index (χ4n) is 1.48. The molecule has 1 aromatic heterocycles. The van der Waals surface area contributed by atoms with Gasteiger partial charge in [-0.05, 0) is 18.2 Å². The van der Waals surface area contributed by atoms with Crippen molar-refractivity contribution in [2.24, 2.45) is 0 Å². The smallest absolute Gasteiger partial charge is 0.151 e. The lowest BCUT2D eigenvalue weighted by Crippen LogP contribution is -2.04. The van der Waals surface area contributed by atoms with E-state index in [9.17, 15) is 4.39 Å². The minimum atomic E-state index is -0.777. The first kappa shape index (κ1) is 11.5. The van der Waals surface area contributed by atoms with Crippen LogP contribution in [0.2, 0.25) is 5.15 Å². The third-order valence-electron chi connectivity index (χ3n) is 2.29. The molecular formula is C12H7ClFN3. The van der Waals surface area contributed by atoms with Crippen LogP contribution in [-0.2, 0) is 0 Å². The first-order chi connectivity index (χ1) is 8.22. The molecule has 5 heteroatoms. The van der Waals surface area contributed by atoms with E-state index >= 15 is 0 Å². The van der Waals surface area contributed by atoms with E-state index in [0.717, 1.165) is 0 Å². The standard InChI is InChI=1S/C12H7ClFN3/c13-12-6-5-11(16-17-12)9(7-15)8-3-1-2-4-10(8)14/h1-6,9H/t9-/m1/s1. The van der Waals surface area contributed by atoms with E-state index in [2.05, 4.69) is 10.2 Å². The van der Waals surface area contributed by atoms with Crippen LogP contribution >= 0.6 is 11.6 Å². The van der Waals surface area contributed by atoms with Gasteiger partial charge in [0, 0.05) is 5.56 Å². The Labute approximate surface area is 102 Å². The van der Waals surface area contributed by atoms with Gasteiger partial charge in [-0.3, -0.25) is 0 Å². The summed E-state index contributed by atoms with van der Waals surface area (Å²) in [6.45, 7) is 0. The van der Waals surface area contributed by atoms with Crippen LogP contribution in [0.25, 0.3) is 0 Å². The predicted octanol–water partition coefficient (Wildman–Crippen LogP) is 2.92. The Morgan fingerprint density at radius 1 is 1.18 bits per heavy atom. The quantitative estimate of drug-likeness (QED) is 0.820. The minimum Gasteiger partial charge on any atom is -0.207 e. The molecule has 2 aromatic rings. The largest absolute Gasteiger partial charge is 0.207 e. The highest BCUT2D eigenvalue weighted by atomic mass is 35.5. The Kier molecular flexibility index (Phi) is 3.31. The number of nitriles is 1. The molecule has 0 saturated heterocycles. The van der Waals surface area contributed by atoms with Crippen LogP contribution in [0.5, 0.6) is 0 Å². The molecule has 0 aliphatic heterocycles. The molecule has 0 aliphatic rings. The van der Waals surface area contributed by atoms with Gasteiger partial charge in [-0.15, -0.1) is 5.10 Å². The van der Waals surface area contributed by atoms with Gasteiger partial charge in [0.05, 0.1) is 11.8 Å². The van der Waals surface area contributed by atoms with Crippen LogP contribution in [0.4, 0.5) is 4.39 Å². The van der Waals surface area contributed by atoms with Gasteiger partial charge in [0.1, 0.15) is 11.7 Å². The van der Waals surface area contributed by atoms with E-state index in [1.165, 1.54) is 12.1 Å². The monoisotopic (exact) mass is 247 g/mol. The fourth-order valence-corrected chi connectivity index (χ4v) is 1.59. The van der Waals surface area contributed by atoms with Gasteiger partial charge in [0.15, 0.2) is 5.15 Å². The number of benzene rings is 1. The number of aromatic nitrogens is 2. The van der Waals surface area contributed by atoms with E-state index in [-0.39, 0.29) is 10.7 Å². The summed E-state index contributed by atoms with van der Waals surface area (Å²) >= 11 is 5.61. The SMILES string of the molecule is N#C[C@@H](c1ccc(Cl)nn1)c1ccccc1F. The summed E-state index contributed by atoms with van der Waals surface area (Å²) in [5.74, 6) is -1.21. The predicted molar refractivity (Wildman–Crippen MR) is 60.9 cm³/mol. The second-order valence-corrected chi connectivity index (χ2v) is 3.75. The van der Waals surface area contributed by atoms with Gasteiger partial charge in [0.2, 0.25) is 0 Å². The van der Waals surface area contributed by atoms with Crippen LogP contribution in [-0.4, -0.2) is 10.2 Å². The fraction of sp³-hybridized carbons (Fsp3) is 0.0833. The summed E-state index contributed by atoms with van der Waals surface area (Å²) in [6, 6.07) is 11.2. The second-order valence-electron chi connectivity index (χ2n) is 3.36. The van der Waals surface area contributed by atoms with Crippen LogP contribution < -0.4 is 0 Å². The highest BCUT2D eigenvalue weighted by molar-refractivity contribution is 6.29. The Hall–Kier alpha value is -1.99. The summed E-state index contributed by atoms with van der Waals surface area (Å²) in [5, 5.41) is 16.8. The number of halogens is 2. The molecule has 0 spiro atoms. The topological polar surface area (TPSA) is 49.6 Å². The summed E-state index contributed by atoms with van der Waals surface area (Å²) in [5.41, 5.74) is 0.661. The van der Waals surface area contributed by atoms with E-state index < -0.39 is 11.7 Å². The first-order valence-electron chi connectivity index (χ1n) is 4.85. The summed E-state index contributed by atoms with van der Waals surface area (Å²) < 4.78 is 13.6. The molecule has 0 bridgehead atoms. The van der Waals surface area contributed by atoms with Gasteiger partial charge in [-0.25, -0.2) is 4.39 Å². The molecule has 3 nitrogen and oxygen atoms in total. The average Bonchev–Trinajstić information content (AvgIpc) is 2.35. The van der Waals surface area contributed by atoms with Crippen molar-refractivity contribution in [2.45, 2.75) is 5.92 Å². The molecule has 2 rings (SSSR count). The molecule has 0 radical (unpaired) electrons. The molecule has 0 fully saturated rings. The maximum Gasteiger partial charge on any atom is 0.151 e. The van der Waals surface area contributed by atoms with E-state index in [4.69, 9.17) is 16.9 Å². The molecule has 17 heavy (non-hydrogen) atoms. The second kappa shape index (κ2) is 4.89. The maximum absolute atomic E-state index is 13.6. The summed E-state index contributed by atoms with van der Waals surface area (Å²) in [4.78, 5) is 0. The van der Waals surface area contributed by atoms with Crippen molar-refractivity contribution in [2.75, 3.05) is 0 Å². The van der Waals surface area contributed by atoms with Gasteiger partial charge in [0.25, 0.3) is 0 Å². The van der Waals surface area contributed by atoms with E-state index in [1.807, 2.05) is 6.07 Å². The normalized spacial score (nSPS) is 11.8. The molecule has 1 atom stereocenters. The molecule has 1 aromatic carbocycles. The summed E-state index contributed by atoms with van der Waals surface area (Å²) in [6.07, 6.45) is 0. The van der Waals surface area contributed by atoms with Gasteiger partial charge in [-0.1, -0.05) is 29.8 Å². The molecule has 0 saturated carbocycles. The molecule has 0 N–H and O–H groups in total. The third-order valence-corrected chi connectivity index (χ3v) is 2.50. The summed E-state index contributed by atoms with van der Waals surface area (Å²) in [7, 11) is 0. The first-order valence-corrected chi connectivity index (χ1v) is 5.23. The van der Waals surface area contributed by atoms with Crippen molar-refractivity contribution < 1.29 is 4.39 Å². The number of rotatable bonds is 2.